The van der Waals surface area contributed by atoms with Crippen LogP contribution in [-0.4, -0.2) is 26.8 Å². The van der Waals surface area contributed by atoms with Crippen LogP contribution in [0.4, 0.5) is 0 Å². The van der Waals surface area contributed by atoms with E-state index >= 15 is 0 Å². The molecular weight excluding hydrogens is 292 g/mol. The number of carbonyl (C=O) groups excluding carboxylic acids is 1. The molecule has 2 aromatic heterocycles. The maximum atomic E-state index is 12.2. The van der Waals surface area contributed by atoms with Crippen molar-refractivity contribution in [2.24, 2.45) is 0 Å². The summed E-state index contributed by atoms with van der Waals surface area (Å²) < 4.78 is 3.57. The summed E-state index contributed by atoms with van der Waals surface area (Å²) in [5.74, 6) is -0.109. The topological polar surface area (TPSA) is 68.9 Å². The molecule has 0 aromatic carbocycles. The predicted molar refractivity (Wildman–Crippen MR) is 89.6 cm³/mol. The SMILES string of the molecule is CCCn1ncc(C(=O)NCCCn2c(C)cccc2=O)c1C. The van der Waals surface area contributed by atoms with E-state index in [1.54, 1.807) is 22.9 Å². The molecule has 2 aromatic rings. The lowest BCUT2D eigenvalue weighted by Crippen LogP contribution is -2.28. The molecule has 2 heterocycles. The Hall–Kier alpha value is -2.37. The van der Waals surface area contributed by atoms with Crippen molar-refractivity contribution in [1.29, 1.82) is 0 Å². The fraction of sp³-hybridized carbons (Fsp3) is 0.471. The molecule has 0 atom stereocenters. The van der Waals surface area contributed by atoms with Gasteiger partial charge in [0.2, 0.25) is 0 Å². The van der Waals surface area contributed by atoms with Crippen LogP contribution in [0.2, 0.25) is 0 Å². The van der Waals surface area contributed by atoms with E-state index in [2.05, 4.69) is 17.3 Å². The number of aromatic nitrogens is 3. The standard InChI is InChI=1S/C17H24N4O2/c1-4-10-21-14(3)15(12-19-21)17(23)18-9-6-11-20-13(2)7-5-8-16(20)22/h5,7-8,12H,4,6,9-11H2,1-3H3,(H,18,23). The van der Waals surface area contributed by atoms with E-state index in [4.69, 9.17) is 0 Å². The summed E-state index contributed by atoms with van der Waals surface area (Å²) in [6.07, 6.45) is 3.31. The molecule has 0 spiro atoms. The summed E-state index contributed by atoms with van der Waals surface area (Å²) in [6.45, 7) is 7.83. The van der Waals surface area contributed by atoms with E-state index in [-0.39, 0.29) is 11.5 Å². The van der Waals surface area contributed by atoms with Crippen molar-refractivity contribution in [2.45, 2.75) is 46.7 Å². The molecule has 6 nitrogen and oxygen atoms in total. The molecular formula is C17H24N4O2. The van der Waals surface area contributed by atoms with E-state index < -0.39 is 0 Å². The van der Waals surface area contributed by atoms with E-state index in [1.807, 2.05) is 24.6 Å². The summed E-state index contributed by atoms with van der Waals surface area (Å²) >= 11 is 0. The average Bonchev–Trinajstić information content (AvgIpc) is 2.87. The molecule has 0 fully saturated rings. The van der Waals surface area contributed by atoms with E-state index in [0.29, 0.717) is 25.1 Å². The molecule has 0 bridgehead atoms. The van der Waals surface area contributed by atoms with Gasteiger partial charge in [0.15, 0.2) is 0 Å². The van der Waals surface area contributed by atoms with Crippen molar-refractivity contribution in [1.82, 2.24) is 19.7 Å². The average molecular weight is 316 g/mol. The third-order valence-electron chi connectivity index (χ3n) is 3.90. The highest BCUT2D eigenvalue weighted by Gasteiger charge is 2.13. The van der Waals surface area contributed by atoms with Gasteiger partial charge in [-0.05, 0) is 32.8 Å². The number of hydrogen-bond acceptors (Lipinski definition) is 3. The molecule has 0 unspecified atom stereocenters. The first-order chi connectivity index (χ1) is 11.0. The quantitative estimate of drug-likeness (QED) is 0.793. The number of nitrogens with zero attached hydrogens (tertiary/aromatic N) is 3. The Balaban J connectivity index is 1.87. The first kappa shape index (κ1) is 17.0. The van der Waals surface area contributed by atoms with Gasteiger partial charge >= 0.3 is 0 Å². The van der Waals surface area contributed by atoms with Gasteiger partial charge in [0, 0.05) is 37.1 Å². The number of nitrogens with one attached hydrogen (secondary N) is 1. The molecule has 6 heteroatoms. The van der Waals surface area contributed by atoms with Gasteiger partial charge in [-0.2, -0.15) is 5.10 Å². The van der Waals surface area contributed by atoms with Crippen LogP contribution in [0, 0.1) is 13.8 Å². The minimum Gasteiger partial charge on any atom is -0.352 e. The number of amides is 1. The number of rotatable bonds is 7. The lowest BCUT2D eigenvalue weighted by molar-refractivity contribution is 0.0952. The third kappa shape index (κ3) is 4.09. The van der Waals surface area contributed by atoms with Gasteiger partial charge in [-0.15, -0.1) is 0 Å². The summed E-state index contributed by atoms with van der Waals surface area (Å²) in [6, 6.07) is 5.22. The Morgan fingerprint density at radius 1 is 1.26 bits per heavy atom. The van der Waals surface area contributed by atoms with Crippen LogP contribution in [0.3, 0.4) is 0 Å². The summed E-state index contributed by atoms with van der Waals surface area (Å²) in [5.41, 5.74) is 2.43. The number of pyridine rings is 1. The largest absolute Gasteiger partial charge is 0.352 e. The third-order valence-corrected chi connectivity index (χ3v) is 3.90. The predicted octanol–water partition coefficient (Wildman–Crippen LogP) is 1.89. The fourth-order valence-electron chi connectivity index (χ4n) is 2.55. The lowest BCUT2D eigenvalue weighted by Gasteiger charge is -2.10. The Kier molecular flexibility index (Phi) is 5.73. The van der Waals surface area contributed by atoms with Crippen molar-refractivity contribution in [3.8, 4) is 0 Å². The maximum Gasteiger partial charge on any atom is 0.254 e. The normalized spacial score (nSPS) is 10.7. The second-order valence-corrected chi connectivity index (χ2v) is 5.63. The highest BCUT2D eigenvalue weighted by molar-refractivity contribution is 5.94. The Bertz CT molecular complexity index is 730. The molecule has 0 aliphatic rings. The molecule has 1 N–H and O–H groups in total. The highest BCUT2D eigenvalue weighted by Crippen LogP contribution is 2.07. The van der Waals surface area contributed by atoms with Gasteiger partial charge in [-0.1, -0.05) is 13.0 Å². The summed E-state index contributed by atoms with van der Waals surface area (Å²) in [5, 5.41) is 7.13. The highest BCUT2D eigenvalue weighted by atomic mass is 16.1. The van der Waals surface area contributed by atoms with Gasteiger partial charge in [0.25, 0.3) is 11.5 Å². The zero-order valence-electron chi connectivity index (χ0n) is 14.0. The van der Waals surface area contributed by atoms with Crippen LogP contribution in [0.1, 0.15) is 41.5 Å². The van der Waals surface area contributed by atoms with Gasteiger partial charge in [0.1, 0.15) is 0 Å². The molecule has 0 aliphatic carbocycles. The molecule has 0 radical (unpaired) electrons. The second kappa shape index (κ2) is 7.76. The Morgan fingerprint density at radius 3 is 2.74 bits per heavy atom. The monoisotopic (exact) mass is 316 g/mol. The van der Waals surface area contributed by atoms with Crippen molar-refractivity contribution >= 4 is 5.91 Å². The molecule has 23 heavy (non-hydrogen) atoms. The first-order valence-electron chi connectivity index (χ1n) is 8.01. The number of hydrogen-bond donors (Lipinski definition) is 1. The van der Waals surface area contributed by atoms with Gasteiger partial charge in [0.05, 0.1) is 11.8 Å². The summed E-state index contributed by atoms with van der Waals surface area (Å²) in [4.78, 5) is 24.0. The van der Waals surface area contributed by atoms with Crippen LogP contribution < -0.4 is 10.9 Å². The molecule has 0 saturated carbocycles. The van der Waals surface area contributed by atoms with Gasteiger partial charge in [-0.3, -0.25) is 14.3 Å². The zero-order chi connectivity index (χ0) is 16.8. The molecule has 2 rings (SSSR count). The second-order valence-electron chi connectivity index (χ2n) is 5.63. The van der Waals surface area contributed by atoms with Gasteiger partial charge < -0.3 is 9.88 Å². The van der Waals surface area contributed by atoms with Crippen LogP contribution in [0.15, 0.2) is 29.2 Å². The molecule has 1 amide bonds. The van der Waals surface area contributed by atoms with E-state index in [1.165, 1.54) is 0 Å². The molecule has 124 valence electrons. The minimum absolute atomic E-state index is 0.00647. The van der Waals surface area contributed by atoms with Crippen LogP contribution in [0.25, 0.3) is 0 Å². The van der Waals surface area contributed by atoms with E-state index in [9.17, 15) is 9.59 Å². The lowest BCUT2D eigenvalue weighted by atomic mass is 10.2. The van der Waals surface area contributed by atoms with Gasteiger partial charge in [-0.25, -0.2) is 0 Å². The van der Waals surface area contributed by atoms with Crippen LogP contribution in [0.5, 0.6) is 0 Å². The van der Waals surface area contributed by atoms with Crippen LogP contribution in [-0.2, 0) is 13.1 Å². The number of carbonyl (C=O) groups is 1. The number of aryl methyl sites for hydroxylation is 2. The van der Waals surface area contributed by atoms with Crippen molar-refractivity contribution in [2.75, 3.05) is 6.54 Å². The van der Waals surface area contributed by atoms with Crippen molar-refractivity contribution in [3.63, 3.8) is 0 Å². The van der Waals surface area contributed by atoms with Crippen LogP contribution >= 0.6 is 0 Å². The summed E-state index contributed by atoms with van der Waals surface area (Å²) in [7, 11) is 0. The van der Waals surface area contributed by atoms with E-state index in [0.717, 1.165) is 24.4 Å². The zero-order valence-corrected chi connectivity index (χ0v) is 14.0. The van der Waals surface area contributed by atoms with Crippen molar-refractivity contribution in [3.05, 3.63) is 51.7 Å². The molecule has 0 aliphatic heterocycles. The fourth-order valence-corrected chi connectivity index (χ4v) is 2.55. The first-order valence-corrected chi connectivity index (χ1v) is 8.01. The smallest absolute Gasteiger partial charge is 0.254 e. The Morgan fingerprint density at radius 2 is 2.04 bits per heavy atom. The molecule has 0 saturated heterocycles. The minimum atomic E-state index is -0.109. The Labute approximate surface area is 136 Å². The van der Waals surface area contributed by atoms with Crippen molar-refractivity contribution < 1.29 is 4.79 Å². The maximum absolute atomic E-state index is 12.2.